The van der Waals surface area contributed by atoms with Gasteiger partial charge >= 0.3 is 18.2 Å². The van der Waals surface area contributed by atoms with Crippen LogP contribution in [0, 0.1) is 11.8 Å². The average Bonchev–Trinajstić information content (AvgIpc) is 2.70. The van der Waals surface area contributed by atoms with Crippen molar-refractivity contribution in [2.45, 2.75) is 71.1 Å². The molecule has 172 valence electrons. The Morgan fingerprint density at radius 1 is 1.03 bits per heavy atom. The van der Waals surface area contributed by atoms with Gasteiger partial charge in [0.15, 0.2) is 0 Å². The summed E-state index contributed by atoms with van der Waals surface area (Å²) in [5.74, 6) is -0.519. The van der Waals surface area contributed by atoms with Gasteiger partial charge in [0.2, 0.25) is 0 Å². The third-order valence-corrected chi connectivity index (χ3v) is 5.27. The van der Waals surface area contributed by atoms with Crippen LogP contribution in [0.25, 0.3) is 0 Å². The van der Waals surface area contributed by atoms with E-state index < -0.39 is 29.8 Å². The van der Waals surface area contributed by atoms with E-state index >= 15 is 0 Å². The van der Waals surface area contributed by atoms with Gasteiger partial charge in [-0.3, -0.25) is 0 Å². The second-order valence-corrected chi connectivity index (χ2v) is 9.10. The number of carbonyl (C=O) groups is 3. The van der Waals surface area contributed by atoms with Gasteiger partial charge in [-0.25, -0.2) is 14.4 Å². The number of carboxylic acid groups (broad SMARTS) is 1. The van der Waals surface area contributed by atoms with Crippen molar-refractivity contribution in [3.63, 3.8) is 0 Å². The third-order valence-electron chi connectivity index (χ3n) is 5.27. The lowest BCUT2D eigenvalue weighted by molar-refractivity contribution is -0.140. The zero-order chi connectivity index (χ0) is 22.9. The normalized spacial score (nSPS) is 19.7. The molecule has 8 nitrogen and oxygen atoms in total. The van der Waals surface area contributed by atoms with Gasteiger partial charge in [-0.1, -0.05) is 43.2 Å². The predicted molar refractivity (Wildman–Crippen MR) is 115 cm³/mol. The molecular weight excluding hydrogens is 400 g/mol. The number of carbonyl (C=O) groups excluding carboxylic acids is 2. The molecule has 1 fully saturated rings. The molecule has 0 heterocycles. The van der Waals surface area contributed by atoms with Crippen molar-refractivity contribution >= 4 is 18.2 Å². The van der Waals surface area contributed by atoms with Crippen molar-refractivity contribution < 1.29 is 29.0 Å². The number of aliphatic carboxylic acids is 1. The molecule has 1 atom stereocenters. The zero-order valence-corrected chi connectivity index (χ0v) is 18.6. The van der Waals surface area contributed by atoms with Crippen molar-refractivity contribution in [1.82, 2.24) is 10.6 Å². The summed E-state index contributed by atoms with van der Waals surface area (Å²) in [4.78, 5) is 35.4. The number of rotatable bonds is 8. The first-order valence-electron chi connectivity index (χ1n) is 10.8. The second kappa shape index (κ2) is 11.6. The van der Waals surface area contributed by atoms with Gasteiger partial charge < -0.3 is 25.2 Å². The zero-order valence-electron chi connectivity index (χ0n) is 18.6. The molecule has 1 aliphatic rings. The minimum atomic E-state index is -1.06. The monoisotopic (exact) mass is 434 g/mol. The summed E-state index contributed by atoms with van der Waals surface area (Å²) < 4.78 is 10.4. The number of hydrogen-bond acceptors (Lipinski definition) is 5. The minimum absolute atomic E-state index is 0.0920. The van der Waals surface area contributed by atoms with Crippen molar-refractivity contribution in [2.24, 2.45) is 11.8 Å². The van der Waals surface area contributed by atoms with E-state index in [9.17, 15) is 19.5 Å². The molecule has 0 bridgehead atoms. The molecule has 3 N–H and O–H groups in total. The highest BCUT2D eigenvalue weighted by Crippen LogP contribution is 2.31. The molecule has 31 heavy (non-hydrogen) atoms. The highest BCUT2D eigenvalue weighted by atomic mass is 16.6. The predicted octanol–water partition coefficient (Wildman–Crippen LogP) is 4.09. The van der Waals surface area contributed by atoms with Gasteiger partial charge in [-0.15, -0.1) is 0 Å². The lowest BCUT2D eigenvalue weighted by Gasteiger charge is -2.30. The molecule has 2 rings (SSSR count). The molecule has 0 radical (unpaired) electrons. The van der Waals surface area contributed by atoms with Crippen LogP contribution in [0.5, 0.6) is 0 Å². The standard InChI is InChI=1S/C23H34N2O6/c1-23(2,3)31-21(28)24-14-17-11-9-16(10-12-17)13-19(20(26)27)25-22(29)30-15-18-7-5-4-6-8-18/h4-8,16-17,19H,9-15H2,1-3H3,(H,24,28)(H,25,29)(H,26,27)/t16-,17-,19-/m0/s1. The average molecular weight is 435 g/mol. The van der Waals surface area contributed by atoms with E-state index in [2.05, 4.69) is 10.6 Å². The smallest absolute Gasteiger partial charge is 0.408 e. The van der Waals surface area contributed by atoms with E-state index in [1.54, 1.807) is 0 Å². The van der Waals surface area contributed by atoms with Crippen LogP contribution in [-0.4, -0.2) is 41.4 Å². The largest absolute Gasteiger partial charge is 0.480 e. The Morgan fingerprint density at radius 3 is 2.23 bits per heavy atom. The summed E-state index contributed by atoms with van der Waals surface area (Å²) in [5, 5.41) is 14.8. The van der Waals surface area contributed by atoms with Crippen LogP contribution in [0.15, 0.2) is 30.3 Å². The molecule has 1 aromatic carbocycles. The van der Waals surface area contributed by atoms with Gasteiger partial charge in [0, 0.05) is 6.54 Å². The highest BCUT2D eigenvalue weighted by molar-refractivity contribution is 5.79. The van der Waals surface area contributed by atoms with E-state index in [1.807, 2.05) is 51.1 Å². The topological polar surface area (TPSA) is 114 Å². The fourth-order valence-electron chi connectivity index (χ4n) is 3.68. The maximum absolute atomic E-state index is 12.0. The molecule has 2 amide bonds. The summed E-state index contributed by atoms with van der Waals surface area (Å²) in [5.41, 5.74) is 0.311. The first-order valence-corrected chi connectivity index (χ1v) is 10.8. The molecule has 0 spiro atoms. The maximum atomic E-state index is 12.0. The Kier molecular flexibility index (Phi) is 9.15. The number of hydrogen-bond donors (Lipinski definition) is 3. The van der Waals surface area contributed by atoms with E-state index in [0.29, 0.717) is 18.9 Å². The Balaban J connectivity index is 1.71. The number of amides is 2. The van der Waals surface area contributed by atoms with Crippen molar-refractivity contribution in [2.75, 3.05) is 6.54 Å². The molecule has 1 aliphatic carbocycles. The van der Waals surface area contributed by atoms with E-state index in [0.717, 1.165) is 31.2 Å². The first kappa shape index (κ1) is 24.5. The van der Waals surface area contributed by atoms with Gasteiger partial charge in [-0.2, -0.15) is 0 Å². The Bertz CT molecular complexity index is 723. The van der Waals surface area contributed by atoms with Gasteiger partial charge in [0.1, 0.15) is 18.2 Å². The SMILES string of the molecule is CC(C)(C)OC(=O)NC[C@H]1CC[C@H](C[C@H](NC(=O)OCc2ccccc2)C(=O)O)CC1. The summed E-state index contributed by atoms with van der Waals surface area (Å²) in [6, 6.07) is 8.24. The summed E-state index contributed by atoms with van der Waals surface area (Å²) in [7, 11) is 0. The highest BCUT2D eigenvalue weighted by Gasteiger charge is 2.29. The number of ether oxygens (including phenoxy) is 2. The summed E-state index contributed by atoms with van der Waals surface area (Å²) in [6.45, 7) is 6.11. The van der Waals surface area contributed by atoms with Crippen LogP contribution in [-0.2, 0) is 20.9 Å². The molecule has 1 aromatic rings. The lowest BCUT2D eigenvalue weighted by atomic mass is 9.79. The molecule has 8 heteroatoms. The van der Waals surface area contributed by atoms with Gasteiger partial charge in [0.25, 0.3) is 0 Å². The third kappa shape index (κ3) is 9.72. The Hall–Kier alpha value is -2.77. The van der Waals surface area contributed by atoms with Gasteiger partial charge in [0.05, 0.1) is 0 Å². The molecule has 1 saturated carbocycles. The molecule has 0 saturated heterocycles. The molecule has 0 aliphatic heterocycles. The van der Waals surface area contributed by atoms with Crippen LogP contribution in [0.3, 0.4) is 0 Å². The van der Waals surface area contributed by atoms with Crippen molar-refractivity contribution in [3.05, 3.63) is 35.9 Å². The van der Waals surface area contributed by atoms with Crippen LogP contribution >= 0.6 is 0 Å². The summed E-state index contributed by atoms with van der Waals surface area (Å²) in [6.07, 6.45) is 2.71. The number of alkyl carbamates (subject to hydrolysis) is 2. The summed E-state index contributed by atoms with van der Waals surface area (Å²) >= 11 is 0. The van der Waals surface area contributed by atoms with Crippen LogP contribution in [0.1, 0.15) is 58.4 Å². The fourth-order valence-corrected chi connectivity index (χ4v) is 3.68. The second-order valence-electron chi connectivity index (χ2n) is 9.10. The van der Waals surface area contributed by atoms with Crippen molar-refractivity contribution in [1.29, 1.82) is 0 Å². The van der Waals surface area contributed by atoms with Crippen LogP contribution in [0.4, 0.5) is 9.59 Å². The quantitative estimate of drug-likeness (QED) is 0.568. The van der Waals surface area contributed by atoms with Gasteiger partial charge in [-0.05, 0) is 57.4 Å². The van der Waals surface area contributed by atoms with E-state index in [4.69, 9.17) is 9.47 Å². The van der Waals surface area contributed by atoms with Crippen molar-refractivity contribution in [3.8, 4) is 0 Å². The number of carboxylic acids is 1. The number of nitrogens with one attached hydrogen (secondary N) is 2. The lowest BCUT2D eigenvalue weighted by Crippen LogP contribution is -2.43. The minimum Gasteiger partial charge on any atom is -0.480 e. The van der Waals surface area contributed by atoms with Crippen LogP contribution in [0.2, 0.25) is 0 Å². The van der Waals surface area contributed by atoms with E-state index in [1.165, 1.54) is 0 Å². The molecule has 0 unspecified atom stereocenters. The van der Waals surface area contributed by atoms with Crippen LogP contribution < -0.4 is 10.6 Å². The molecular formula is C23H34N2O6. The Morgan fingerprint density at radius 2 is 1.65 bits per heavy atom. The number of benzene rings is 1. The fraction of sp³-hybridized carbons (Fsp3) is 0.609. The Labute approximate surface area is 183 Å². The first-order chi connectivity index (χ1) is 14.6. The molecule has 0 aromatic heterocycles. The maximum Gasteiger partial charge on any atom is 0.408 e. The van der Waals surface area contributed by atoms with E-state index in [-0.39, 0.29) is 12.5 Å².